The minimum Gasteiger partial charge on any atom is -0.483 e. The van der Waals surface area contributed by atoms with Gasteiger partial charge in [-0.1, -0.05) is 18.2 Å². The van der Waals surface area contributed by atoms with Crippen LogP contribution in [0.25, 0.3) is 10.9 Å². The van der Waals surface area contributed by atoms with E-state index in [0.29, 0.717) is 0 Å². The van der Waals surface area contributed by atoms with Gasteiger partial charge in [-0.15, -0.1) is 0 Å². The summed E-state index contributed by atoms with van der Waals surface area (Å²) < 4.78 is 1.17. The van der Waals surface area contributed by atoms with E-state index >= 15 is 0 Å². The van der Waals surface area contributed by atoms with Gasteiger partial charge in [-0.05, 0) is 28.9 Å². The zero-order valence-electron chi connectivity index (χ0n) is 7.62. The molecule has 0 saturated heterocycles. The summed E-state index contributed by atoms with van der Waals surface area (Å²) in [7, 11) is 0. The third kappa shape index (κ3) is 2.14. The molecule has 0 spiro atoms. The fourth-order valence-corrected chi connectivity index (χ4v) is 1.69. The number of para-hydroxylation sites is 1. The number of aromatic amines is 1. The number of H-pyrrole nitrogens is 1. The summed E-state index contributed by atoms with van der Waals surface area (Å²) in [6.45, 7) is 1.81. The Balaban J connectivity index is 0.000000293. The van der Waals surface area contributed by atoms with E-state index in [4.69, 9.17) is 9.90 Å². The third-order valence-electron chi connectivity index (χ3n) is 1.81. The first kappa shape index (κ1) is 10.8. The van der Waals surface area contributed by atoms with Gasteiger partial charge in [0.2, 0.25) is 0 Å². The van der Waals surface area contributed by atoms with Crippen LogP contribution in [-0.4, -0.2) is 16.6 Å². The number of benzene rings is 1. The Morgan fingerprint density at radius 1 is 1.43 bits per heavy atom. The summed E-state index contributed by atoms with van der Waals surface area (Å²) in [5.41, 5.74) is 2.38. The molecule has 1 heterocycles. The van der Waals surface area contributed by atoms with Crippen LogP contribution in [0.2, 0.25) is 0 Å². The van der Waals surface area contributed by atoms with Gasteiger partial charge in [0.25, 0.3) is 6.47 Å². The summed E-state index contributed by atoms with van der Waals surface area (Å²) in [6.07, 6.45) is 0. The van der Waals surface area contributed by atoms with Gasteiger partial charge in [0.15, 0.2) is 0 Å². The largest absolute Gasteiger partial charge is 0.483 e. The number of carbonyl (C=O) groups is 1. The van der Waals surface area contributed by atoms with Crippen molar-refractivity contribution in [3.8, 4) is 0 Å². The highest BCUT2D eigenvalue weighted by atomic mass is 79.9. The van der Waals surface area contributed by atoms with Crippen molar-refractivity contribution in [3.05, 3.63) is 34.4 Å². The lowest BCUT2D eigenvalue weighted by Gasteiger charge is -1.86. The number of carboxylic acid groups (broad SMARTS) is 1. The fourth-order valence-electron chi connectivity index (χ4n) is 1.24. The van der Waals surface area contributed by atoms with Crippen LogP contribution in [0.4, 0.5) is 0 Å². The molecule has 0 aliphatic carbocycles. The van der Waals surface area contributed by atoms with Gasteiger partial charge < -0.3 is 10.1 Å². The molecule has 0 bridgehead atoms. The quantitative estimate of drug-likeness (QED) is 0.712. The standard InChI is InChI=1S/C9H8BrN.CH2O2/c1-6-9(10)7-4-2-3-5-8(7)11-6;2-1-3/h2-5,11H,1H3;1H,(H,2,3). The maximum atomic E-state index is 8.36. The monoisotopic (exact) mass is 255 g/mol. The van der Waals surface area contributed by atoms with Crippen LogP contribution < -0.4 is 0 Å². The average Bonchev–Trinajstić information content (AvgIpc) is 2.45. The predicted molar refractivity (Wildman–Crippen MR) is 59.4 cm³/mol. The van der Waals surface area contributed by atoms with Crippen molar-refractivity contribution in [2.75, 3.05) is 0 Å². The minimum absolute atomic E-state index is 0.250. The second-order valence-electron chi connectivity index (χ2n) is 2.71. The first-order chi connectivity index (χ1) is 6.70. The molecule has 0 unspecified atom stereocenters. The van der Waals surface area contributed by atoms with Crippen LogP contribution in [0.3, 0.4) is 0 Å². The maximum Gasteiger partial charge on any atom is 0.290 e. The number of nitrogens with one attached hydrogen (secondary N) is 1. The molecule has 0 fully saturated rings. The molecule has 0 atom stereocenters. The summed E-state index contributed by atoms with van der Waals surface area (Å²) in [5, 5.41) is 8.14. The molecule has 14 heavy (non-hydrogen) atoms. The van der Waals surface area contributed by atoms with Crippen LogP contribution >= 0.6 is 15.9 Å². The zero-order valence-corrected chi connectivity index (χ0v) is 9.21. The van der Waals surface area contributed by atoms with Crippen LogP contribution in [0.5, 0.6) is 0 Å². The van der Waals surface area contributed by atoms with Crippen LogP contribution in [-0.2, 0) is 4.79 Å². The van der Waals surface area contributed by atoms with E-state index in [-0.39, 0.29) is 6.47 Å². The molecule has 0 aliphatic rings. The predicted octanol–water partition coefficient (Wildman–Crippen LogP) is 2.94. The highest BCUT2D eigenvalue weighted by Gasteiger charge is 2.02. The third-order valence-corrected chi connectivity index (χ3v) is 2.84. The van der Waals surface area contributed by atoms with E-state index in [1.165, 1.54) is 21.1 Å². The maximum absolute atomic E-state index is 8.36. The molecular weight excluding hydrogens is 246 g/mol. The number of hydrogen-bond donors (Lipinski definition) is 2. The molecule has 4 heteroatoms. The summed E-state index contributed by atoms with van der Waals surface area (Å²) >= 11 is 3.52. The van der Waals surface area contributed by atoms with Crippen molar-refractivity contribution in [2.45, 2.75) is 6.92 Å². The molecule has 0 radical (unpaired) electrons. The van der Waals surface area contributed by atoms with Gasteiger partial charge in [-0.2, -0.15) is 0 Å². The van der Waals surface area contributed by atoms with Gasteiger partial charge in [-0.3, -0.25) is 4.79 Å². The van der Waals surface area contributed by atoms with Crippen molar-refractivity contribution < 1.29 is 9.90 Å². The lowest BCUT2D eigenvalue weighted by Crippen LogP contribution is -1.66. The van der Waals surface area contributed by atoms with E-state index in [9.17, 15) is 0 Å². The Bertz CT molecular complexity index is 437. The van der Waals surface area contributed by atoms with Crippen LogP contribution in [0.15, 0.2) is 28.7 Å². The van der Waals surface area contributed by atoms with Gasteiger partial charge in [0.1, 0.15) is 0 Å². The molecule has 1 aromatic heterocycles. The first-order valence-electron chi connectivity index (χ1n) is 4.01. The topological polar surface area (TPSA) is 53.1 Å². The fraction of sp³-hybridized carbons (Fsp3) is 0.100. The lowest BCUT2D eigenvalue weighted by atomic mass is 10.2. The van der Waals surface area contributed by atoms with Crippen molar-refractivity contribution in [2.24, 2.45) is 0 Å². The molecule has 2 aromatic rings. The van der Waals surface area contributed by atoms with Crippen molar-refractivity contribution in [3.63, 3.8) is 0 Å². The highest BCUT2D eigenvalue weighted by Crippen LogP contribution is 2.26. The Hall–Kier alpha value is -1.29. The molecule has 74 valence electrons. The summed E-state index contributed by atoms with van der Waals surface area (Å²) in [4.78, 5) is 11.6. The normalized spacial score (nSPS) is 9.29. The van der Waals surface area contributed by atoms with Crippen molar-refractivity contribution in [1.29, 1.82) is 0 Å². The number of aryl methyl sites for hydroxylation is 1. The Labute approximate surface area is 89.9 Å². The molecule has 2 N–H and O–H groups in total. The molecule has 1 aromatic carbocycles. The van der Waals surface area contributed by atoms with Gasteiger partial charge in [0.05, 0.1) is 0 Å². The number of fused-ring (bicyclic) bond motifs is 1. The lowest BCUT2D eigenvalue weighted by molar-refractivity contribution is -0.122. The van der Waals surface area contributed by atoms with E-state index in [0.717, 1.165) is 0 Å². The molecule has 0 aliphatic heterocycles. The second-order valence-corrected chi connectivity index (χ2v) is 3.51. The molecule has 3 nitrogen and oxygen atoms in total. The van der Waals surface area contributed by atoms with Gasteiger partial charge in [0, 0.05) is 21.1 Å². The number of rotatable bonds is 0. The Morgan fingerprint density at radius 3 is 2.57 bits per heavy atom. The smallest absolute Gasteiger partial charge is 0.290 e. The summed E-state index contributed by atoms with van der Waals surface area (Å²) in [6, 6.07) is 8.25. The van der Waals surface area contributed by atoms with E-state index < -0.39 is 0 Å². The SMILES string of the molecule is Cc1[nH]c2ccccc2c1Br.O=CO. The van der Waals surface area contributed by atoms with E-state index in [1.54, 1.807) is 0 Å². The van der Waals surface area contributed by atoms with E-state index in [2.05, 4.69) is 40.0 Å². The van der Waals surface area contributed by atoms with E-state index in [1.807, 2.05) is 12.1 Å². The second kappa shape index (κ2) is 4.81. The highest BCUT2D eigenvalue weighted by molar-refractivity contribution is 9.10. The van der Waals surface area contributed by atoms with Crippen LogP contribution in [0, 0.1) is 6.92 Å². The molecule has 2 rings (SSSR count). The number of hydrogen-bond acceptors (Lipinski definition) is 1. The van der Waals surface area contributed by atoms with Gasteiger partial charge >= 0.3 is 0 Å². The minimum atomic E-state index is -0.250. The first-order valence-corrected chi connectivity index (χ1v) is 4.80. The van der Waals surface area contributed by atoms with Crippen molar-refractivity contribution >= 4 is 33.3 Å². The number of halogens is 1. The molecule has 0 amide bonds. The Morgan fingerprint density at radius 2 is 2.00 bits per heavy atom. The molecular formula is C10H10BrNO2. The number of aromatic nitrogens is 1. The van der Waals surface area contributed by atoms with Gasteiger partial charge in [-0.25, -0.2) is 0 Å². The average molecular weight is 256 g/mol. The molecule has 0 saturated carbocycles. The van der Waals surface area contributed by atoms with Crippen LogP contribution in [0.1, 0.15) is 5.69 Å². The van der Waals surface area contributed by atoms with Crippen molar-refractivity contribution in [1.82, 2.24) is 4.98 Å². The summed E-state index contributed by atoms with van der Waals surface area (Å²) in [5.74, 6) is 0. The Kier molecular flexibility index (Phi) is 3.71. The zero-order chi connectivity index (χ0) is 10.6.